The predicted octanol–water partition coefficient (Wildman–Crippen LogP) is 3.65. The van der Waals surface area contributed by atoms with E-state index in [9.17, 15) is 0 Å². The van der Waals surface area contributed by atoms with Gasteiger partial charge < -0.3 is 0 Å². The van der Waals surface area contributed by atoms with E-state index in [0.717, 1.165) is 18.7 Å². The van der Waals surface area contributed by atoms with Crippen molar-refractivity contribution in [2.75, 3.05) is 6.54 Å². The molecule has 2 heterocycles. The Kier molecular flexibility index (Phi) is 2.14. The van der Waals surface area contributed by atoms with Crippen LogP contribution in [0.25, 0.3) is 10.1 Å². The Balaban J connectivity index is 2.11. The number of benzene rings is 1. The number of aliphatic imine (C=N–C) groups is 1. The average Bonchev–Trinajstić information content (AvgIpc) is 2.74. The highest BCUT2D eigenvalue weighted by molar-refractivity contribution is 7.21. The van der Waals surface area contributed by atoms with Crippen LogP contribution in [0.1, 0.15) is 11.3 Å². The van der Waals surface area contributed by atoms with Gasteiger partial charge in [-0.1, -0.05) is 24.3 Å². The van der Waals surface area contributed by atoms with Crippen molar-refractivity contribution in [1.82, 2.24) is 0 Å². The van der Waals surface area contributed by atoms with Crippen LogP contribution in [0.2, 0.25) is 0 Å². The molecule has 0 radical (unpaired) electrons. The molecule has 0 spiro atoms. The summed E-state index contributed by atoms with van der Waals surface area (Å²) in [5, 5.41) is 1.32. The monoisotopic (exact) mass is 213 g/mol. The maximum Gasteiger partial charge on any atom is 0.0743 e. The molecule has 0 saturated carbocycles. The van der Waals surface area contributed by atoms with Crippen molar-refractivity contribution in [3.8, 4) is 0 Å². The minimum atomic E-state index is 0.931. The van der Waals surface area contributed by atoms with E-state index in [1.807, 2.05) is 11.3 Å². The third-order valence-electron chi connectivity index (χ3n) is 2.53. The average molecular weight is 213 g/mol. The van der Waals surface area contributed by atoms with Crippen molar-refractivity contribution in [3.05, 3.63) is 47.4 Å². The molecule has 0 saturated heterocycles. The van der Waals surface area contributed by atoms with E-state index < -0.39 is 0 Å². The van der Waals surface area contributed by atoms with Gasteiger partial charge in [0, 0.05) is 11.2 Å². The van der Waals surface area contributed by atoms with Crippen LogP contribution < -0.4 is 0 Å². The van der Waals surface area contributed by atoms with E-state index in [0.29, 0.717) is 0 Å². The molecule has 0 N–H and O–H groups in total. The summed E-state index contributed by atoms with van der Waals surface area (Å²) in [6, 6.07) is 10.7. The molecule has 0 fully saturated rings. The largest absolute Gasteiger partial charge is 0.284 e. The summed E-state index contributed by atoms with van der Waals surface area (Å²) in [5.41, 5.74) is 1.14. The summed E-state index contributed by atoms with van der Waals surface area (Å²) < 4.78 is 1.34. The Labute approximate surface area is 92.8 Å². The Hall–Kier alpha value is -1.41. The second-order valence-electron chi connectivity index (χ2n) is 3.61. The third-order valence-corrected chi connectivity index (χ3v) is 3.67. The molecule has 1 aromatic carbocycles. The minimum absolute atomic E-state index is 0.931. The molecule has 2 heteroatoms. The molecule has 74 valence electrons. The minimum Gasteiger partial charge on any atom is -0.284 e. The van der Waals surface area contributed by atoms with Crippen molar-refractivity contribution in [2.45, 2.75) is 6.42 Å². The van der Waals surface area contributed by atoms with Gasteiger partial charge in [0.05, 0.1) is 10.6 Å². The molecule has 3 rings (SSSR count). The summed E-state index contributed by atoms with van der Waals surface area (Å²) in [7, 11) is 0. The van der Waals surface area contributed by atoms with Crippen LogP contribution in [0.3, 0.4) is 0 Å². The van der Waals surface area contributed by atoms with Crippen LogP contribution in [0.4, 0.5) is 0 Å². The van der Waals surface area contributed by atoms with Crippen LogP contribution in [0.5, 0.6) is 0 Å². The van der Waals surface area contributed by atoms with Crippen LogP contribution >= 0.6 is 11.3 Å². The fourth-order valence-corrected chi connectivity index (χ4v) is 2.83. The van der Waals surface area contributed by atoms with Gasteiger partial charge in [-0.05, 0) is 30.0 Å². The highest BCUT2D eigenvalue weighted by Crippen LogP contribution is 2.26. The first-order valence-corrected chi connectivity index (χ1v) is 5.95. The maximum absolute atomic E-state index is 4.54. The molecule has 15 heavy (non-hydrogen) atoms. The number of rotatable bonds is 1. The van der Waals surface area contributed by atoms with Crippen LogP contribution in [-0.4, -0.2) is 12.3 Å². The summed E-state index contributed by atoms with van der Waals surface area (Å²) in [6.07, 6.45) is 5.41. The molecule has 1 nitrogen and oxygen atoms in total. The lowest BCUT2D eigenvalue weighted by Crippen LogP contribution is -1.99. The van der Waals surface area contributed by atoms with Crippen molar-refractivity contribution in [3.63, 3.8) is 0 Å². The lowest BCUT2D eigenvalue weighted by atomic mass is 10.2. The summed E-state index contributed by atoms with van der Waals surface area (Å²) in [4.78, 5) is 5.82. The van der Waals surface area contributed by atoms with E-state index in [1.54, 1.807) is 0 Å². The quantitative estimate of drug-likeness (QED) is 0.685. The Morgan fingerprint density at radius 2 is 2.13 bits per heavy atom. The third kappa shape index (κ3) is 1.61. The predicted molar refractivity (Wildman–Crippen MR) is 67.0 cm³/mol. The number of dihydropyridines is 1. The van der Waals surface area contributed by atoms with Crippen molar-refractivity contribution < 1.29 is 0 Å². The second-order valence-corrected chi connectivity index (χ2v) is 4.69. The van der Waals surface area contributed by atoms with Crippen molar-refractivity contribution in [1.29, 1.82) is 0 Å². The number of thiophene rings is 1. The Bertz CT molecular complexity index is 515. The van der Waals surface area contributed by atoms with Gasteiger partial charge in [0.1, 0.15) is 0 Å². The van der Waals surface area contributed by atoms with Gasteiger partial charge >= 0.3 is 0 Å². The zero-order chi connectivity index (χ0) is 10.1. The number of hydrogen-bond acceptors (Lipinski definition) is 2. The zero-order valence-corrected chi connectivity index (χ0v) is 9.13. The lowest BCUT2D eigenvalue weighted by Gasteiger charge is -2.02. The molecule has 2 aromatic rings. The van der Waals surface area contributed by atoms with Gasteiger partial charge in [-0.15, -0.1) is 11.3 Å². The van der Waals surface area contributed by atoms with Gasteiger partial charge in [0.15, 0.2) is 0 Å². The van der Waals surface area contributed by atoms with Gasteiger partial charge in [0.2, 0.25) is 0 Å². The lowest BCUT2D eigenvalue weighted by molar-refractivity contribution is 0.995. The summed E-state index contributed by atoms with van der Waals surface area (Å²) in [5.74, 6) is 0. The molecule has 0 atom stereocenters. The number of nitrogens with zero attached hydrogens (tertiary/aromatic N) is 1. The van der Waals surface area contributed by atoms with E-state index in [1.165, 1.54) is 15.0 Å². The number of allylic oxidation sites excluding steroid dienone is 1. The molecule has 1 aliphatic heterocycles. The molecule has 0 amide bonds. The van der Waals surface area contributed by atoms with E-state index in [-0.39, 0.29) is 0 Å². The summed E-state index contributed by atoms with van der Waals surface area (Å²) >= 11 is 1.82. The van der Waals surface area contributed by atoms with Gasteiger partial charge in [-0.2, -0.15) is 0 Å². The van der Waals surface area contributed by atoms with Crippen LogP contribution in [-0.2, 0) is 0 Å². The Morgan fingerprint density at radius 1 is 1.20 bits per heavy atom. The summed E-state index contributed by atoms with van der Waals surface area (Å²) in [6.45, 7) is 0.931. The zero-order valence-electron chi connectivity index (χ0n) is 8.31. The van der Waals surface area contributed by atoms with Crippen molar-refractivity contribution >= 4 is 27.1 Å². The topological polar surface area (TPSA) is 12.4 Å². The standard InChI is InChI=1S/C13H11NS/c1-2-7-12-10(5-1)9-13(15-12)11-6-3-4-8-14-11/h1-3,5-7,9H,4,8H2. The second kappa shape index (κ2) is 3.63. The number of fused-ring (bicyclic) bond motifs is 1. The van der Waals surface area contributed by atoms with Crippen LogP contribution in [0, 0.1) is 0 Å². The number of hydrogen-bond donors (Lipinski definition) is 0. The first-order chi connectivity index (χ1) is 7.43. The maximum atomic E-state index is 4.54. The van der Waals surface area contributed by atoms with Gasteiger partial charge in [-0.3, -0.25) is 4.99 Å². The fraction of sp³-hybridized carbons (Fsp3) is 0.154. The normalized spacial score (nSPS) is 15.6. The molecule has 0 aliphatic carbocycles. The highest BCUT2D eigenvalue weighted by Gasteiger charge is 2.06. The molecule has 1 aliphatic rings. The fourth-order valence-electron chi connectivity index (χ4n) is 1.78. The smallest absolute Gasteiger partial charge is 0.0743 e. The van der Waals surface area contributed by atoms with E-state index in [2.05, 4.69) is 47.5 Å². The van der Waals surface area contributed by atoms with Crippen molar-refractivity contribution in [2.24, 2.45) is 4.99 Å². The first kappa shape index (κ1) is 8.86. The van der Waals surface area contributed by atoms with Crippen LogP contribution in [0.15, 0.2) is 47.5 Å². The Morgan fingerprint density at radius 3 is 2.93 bits per heavy atom. The van der Waals surface area contributed by atoms with E-state index >= 15 is 0 Å². The molecular weight excluding hydrogens is 202 g/mol. The van der Waals surface area contributed by atoms with Gasteiger partial charge in [0.25, 0.3) is 0 Å². The highest BCUT2D eigenvalue weighted by atomic mass is 32.1. The molecule has 0 bridgehead atoms. The first-order valence-electron chi connectivity index (χ1n) is 5.13. The molecule has 1 aromatic heterocycles. The molecular formula is C13H11NS. The SMILES string of the molecule is C1=CC(c2cc3ccccc3s2)=NCC1. The van der Waals surface area contributed by atoms with E-state index in [4.69, 9.17) is 0 Å². The van der Waals surface area contributed by atoms with Gasteiger partial charge in [-0.25, -0.2) is 0 Å². The molecule has 0 unspecified atom stereocenters.